The van der Waals surface area contributed by atoms with E-state index in [0.717, 1.165) is 44.9 Å². The summed E-state index contributed by atoms with van der Waals surface area (Å²) in [6.45, 7) is 3.81. The third-order valence-corrected chi connectivity index (χ3v) is 18.4. The van der Waals surface area contributed by atoms with Gasteiger partial charge in [-0.15, -0.1) is 0 Å². The molecule has 0 aromatic carbocycles. The minimum Gasteiger partial charge on any atom is -0.394 e. The van der Waals surface area contributed by atoms with Gasteiger partial charge in [-0.2, -0.15) is 0 Å². The number of carbonyl (C=O) groups is 1. The van der Waals surface area contributed by atoms with Gasteiger partial charge in [0.2, 0.25) is 5.91 Å². The molecular formula is C78H147NO8. The molecule has 87 heavy (non-hydrogen) atoms. The number of aliphatic hydroxyl groups is 5. The summed E-state index contributed by atoms with van der Waals surface area (Å²) in [5.41, 5.74) is 0. The lowest BCUT2D eigenvalue weighted by molar-refractivity contribution is -0.302. The zero-order valence-corrected chi connectivity index (χ0v) is 57.5. The van der Waals surface area contributed by atoms with Gasteiger partial charge in [-0.3, -0.25) is 4.79 Å². The van der Waals surface area contributed by atoms with E-state index in [-0.39, 0.29) is 12.5 Å². The molecule has 0 aliphatic carbocycles. The van der Waals surface area contributed by atoms with Crippen molar-refractivity contribution in [2.45, 2.75) is 429 Å². The first-order valence-corrected chi connectivity index (χ1v) is 38.4. The number of unbranched alkanes of at least 4 members (excludes halogenated alkanes) is 52. The van der Waals surface area contributed by atoms with Gasteiger partial charge in [0.05, 0.1) is 25.4 Å². The monoisotopic (exact) mass is 1230 g/mol. The van der Waals surface area contributed by atoms with E-state index in [1.807, 2.05) is 6.08 Å². The van der Waals surface area contributed by atoms with Crippen LogP contribution in [-0.2, 0) is 14.3 Å². The van der Waals surface area contributed by atoms with Crippen molar-refractivity contribution in [1.82, 2.24) is 5.32 Å². The molecule has 9 nitrogen and oxygen atoms in total. The molecule has 1 aliphatic heterocycles. The molecule has 1 rings (SSSR count). The molecule has 0 spiro atoms. The Bertz CT molecular complexity index is 1520. The Morgan fingerprint density at radius 1 is 0.379 bits per heavy atom. The van der Waals surface area contributed by atoms with Gasteiger partial charge in [0, 0.05) is 6.42 Å². The van der Waals surface area contributed by atoms with Crippen molar-refractivity contribution in [3.05, 3.63) is 48.6 Å². The fourth-order valence-electron chi connectivity index (χ4n) is 12.4. The lowest BCUT2D eigenvalue weighted by Crippen LogP contribution is -2.60. The van der Waals surface area contributed by atoms with E-state index in [9.17, 15) is 30.3 Å². The average Bonchev–Trinajstić information content (AvgIpc) is 3.37. The smallest absolute Gasteiger partial charge is 0.220 e. The minimum absolute atomic E-state index is 0.183. The molecule has 7 unspecified atom stereocenters. The molecule has 0 aromatic rings. The van der Waals surface area contributed by atoms with E-state index in [4.69, 9.17) is 9.47 Å². The Morgan fingerprint density at radius 2 is 0.655 bits per heavy atom. The van der Waals surface area contributed by atoms with Gasteiger partial charge >= 0.3 is 0 Å². The van der Waals surface area contributed by atoms with Crippen molar-refractivity contribution < 1.29 is 39.8 Å². The predicted molar refractivity (Wildman–Crippen MR) is 373 cm³/mol. The maximum absolute atomic E-state index is 13.1. The highest BCUT2D eigenvalue weighted by Gasteiger charge is 2.44. The van der Waals surface area contributed by atoms with E-state index in [1.165, 1.54) is 321 Å². The zero-order chi connectivity index (χ0) is 62.8. The molecule has 1 saturated heterocycles. The largest absolute Gasteiger partial charge is 0.394 e. The second kappa shape index (κ2) is 67.1. The number of nitrogens with one attached hydrogen (secondary N) is 1. The number of hydrogen-bond donors (Lipinski definition) is 6. The fraction of sp³-hybridized carbons (Fsp3) is 0.885. The summed E-state index contributed by atoms with van der Waals surface area (Å²) in [6, 6.07) is -0.829. The molecule has 1 amide bonds. The average molecular weight is 1230 g/mol. The Kier molecular flexibility index (Phi) is 64.1. The van der Waals surface area contributed by atoms with Crippen molar-refractivity contribution in [2.24, 2.45) is 0 Å². The molecule has 1 aliphatic rings. The molecule has 512 valence electrons. The fourth-order valence-corrected chi connectivity index (χ4v) is 12.4. The van der Waals surface area contributed by atoms with Crippen LogP contribution in [0.4, 0.5) is 0 Å². The van der Waals surface area contributed by atoms with Crippen LogP contribution in [0.25, 0.3) is 0 Å². The Labute approximate surface area is 539 Å². The first kappa shape index (κ1) is 83.2. The highest BCUT2D eigenvalue weighted by atomic mass is 16.7. The third-order valence-electron chi connectivity index (χ3n) is 18.4. The van der Waals surface area contributed by atoms with Crippen LogP contribution in [0.5, 0.6) is 0 Å². The Balaban J connectivity index is 2.09. The van der Waals surface area contributed by atoms with Crippen molar-refractivity contribution in [1.29, 1.82) is 0 Å². The van der Waals surface area contributed by atoms with E-state index in [0.29, 0.717) is 6.42 Å². The number of carbonyl (C=O) groups excluding carboxylic acids is 1. The van der Waals surface area contributed by atoms with Gasteiger partial charge in [0.15, 0.2) is 6.29 Å². The second-order valence-electron chi connectivity index (χ2n) is 26.8. The van der Waals surface area contributed by atoms with Gasteiger partial charge in [-0.1, -0.05) is 358 Å². The summed E-state index contributed by atoms with van der Waals surface area (Å²) in [5.74, 6) is -0.183. The highest BCUT2D eigenvalue weighted by molar-refractivity contribution is 5.76. The van der Waals surface area contributed by atoms with Crippen LogP contribution in [-0.4, -0.2) is 87.5 Å². The summed E-state index contributed by atoms with van der Waals surface area (Å²) in [7, 11) is 0. The van der Waals surface area contributed by atoms with Gasteiger partial charge in [-0.05, 0) is 70.6 Å². The molecule has 0 saturated carbocycles. The zero-order valence-electron chi connectivity index (χ0n) is 57.5. The maximum atomic E-state index is 13.1. The Morgan fingerprint density at radius 3 is 0.966 bits per heavy atom. The van der Waals surface area contributed by atoms with Crippen molar-refractivity contribution >= 4 is 5.91 Å². The summed E-state index contributed by atoms with van der Waals surface area (Å²) in [6.07, 6.45) is 85.4. The maximum Gasteiger partial charge on any atom is 0.220 e. The van der Waals surface area contributed by atoms with Gasteiger partial charge in [0.1, 0.15) is 24.4 Å². The van der Waals surface area contributed by atoms with Crippen LogP contribution in [0.2, 0.25) is 0 Å². The molecule has 0 aromatic heterocycles. The molecule has 9 heteroatoms. The quantitative estimate of drug-likeness (QED) is 0.0261. The van der Waals surface area contributed by atoms with Gasteiger partial charge in [-0.25, -0.2) is 0 Å². The van der Waals surface area contributed by atoms with E-state index in [2.05, 4.69) is 55.6 Å². The number of allylic oxidation sites excluding steroid dienone is 7. The van der Waals surface area contributed by atoms with Crippen LogP contribution >= 0.6 is 0 Å². The molecule has 1 heterocycles. The topological polar surface area (TPSA) is 149 Å². The summed E-state index contributed by atoms with van der Waals surface area (Å²) >= 11 is 0. The molecule has 7 atom stereocenters. The lowest BCUT2D eigenvalue weighted by Gasteiger charge is -2.40. The van der Waals surface area contributed by atoms with Crippen molar-refractivity contribution in [3.8, 4) is 0 Å². The van der Waals surface area contributed by atoms with Crippen molar-refractivity contribution in [2.75, 3.05) is 13.2 Å². The van der Waals surface area contributed by atoms with E-state index < -0.39 is 49.5 Å². The van der Waals surface area contributed by atoms with Gasteiger partial charge < -0.3 is 40.3 Å². The standard InChI is InChI=1S/C78H147NO8/c1-3-5-7-9-11-13-15-17-19-21-23-25-27-29-31-32-33-34-35-36-37-38-39-40-42-44-46-48-50-52-54-56-58-60-62-64-66-68-74(82)79-71(70-86-78-77(85)76(84)75(83)73(69-80)87-78)72(81)67-65-63-61-59-57-55-53-51-49-47-45-43-41-30-28-26-24-22-20-18-16-14-12-10-8-6-4-2/h21,23,49,51,57,59,65,67,71-73,75-78,80-81,83-85H,3-20,22,24-48,50,52-56,58,60-64,66,68-70H2,1-2H3,(H,79,82)/b23-21-,51-49+,59-57+,67-65+. The predicted octanol–water partition coefficient (Wildman–Crippen LogP) is 21.5. The summed E-state index contributed by atoms with van der Waals surface area (Å²) in [5, 5.41) is 54.8. The first-order chi connectivity index (χ1) is 42.8. The first-order valence-electron chi connectivity index (χ1n) is 38.4. The van der Waals surface area contributed by atoms with Crippen LogP contribution in [0.1, 0.15) is 386 Å². The van der Waals surface area contributed by atoms with E-state index >= 15 is 0 Å². The number of hydrogen-bond acceptors (Lipinski definition) is 8. The summed E-state index contributed by atoms with van der Waals surface area (Å²) in [4.78, 5) is 13.1. The number of rotatable bonds is 68. The molecule has 6 N–H and O–H groups in total. The van der Waals surface area contributed by atoms with Crippen LogP contribution < -0.4 is 5.32 Å². The third kappa shape index (κ3) is 55.5. The number of aliphatic hydroxyl groups excluding tert-OH is 5. The van der Waals surface area contributed by atoms with E-state index in [1.54, 1.807) is 6.08 Å². The molecule has 0 radical (unpaired) electrons. The minimum atomic E-state index is -1.58. The molecular weight excluding hydrogens is 1080 g/mol. The molecule has 1 fully saturated rings. The van der Waals surface area contributed by atoms with Crippen molar-refractivity contribution in [3.63, 3.8) is 0 Å². The Hall–Kier alpha value is -1.85. The second-order valence-corrected chi connectivity index (χ2v) is 26.8. The van der Waals surface area contributed by atoms with Gasteiger partial charge in [0.25, 0.3) is 0 Å². The normalized spacial score (nSPS) is 18.2. The highest BCUT2D eigenvalue weighted by Crippen LogP contribution is 2.24. The van der Waals surface area contributed by atoms with Crippen LogP contribution in [0, 0.1) is 0 Å². The number of ether oxygens (including phenoxy) is 2. The summed E-state index contributed by atoms with van der Waals surface area (Å²) < 4.78 is 11.3. The van der Waals surface area contributed by atoms with Crippen LogP contribution in [0.15, 0.2) is 48.6 Å². The van der Waals surface area contributed by atoms with Crippen LogP contribution in [0.3, 0.4) is 0 Å². The molecule has 0 bridgehead atoms. The number of amides is 1. The SMILES string of the molecule is CCCCCCCCCC/C=C\CCCCCCCCCCCCCCCCCCCCCCCCCCCC(=O)NC(COC1OC(CO)C(O)C(O)C1O)C(O)/C=C/CC/C=C/CC/C=C/CCCCCCCCCCCCCCCCCCC. The lowest BCUT2D eigenvalue weighted by atomic mass is 9.99.